The van der Waals surface area contributed by atoms with Crippen LogP contribution in [-0.2, 0) is 0 Å². The van der Waals surface area contributed by atoms with Gasteiger partial charge in [0.1, 0.15) is 0 Å². The molecular formula is C15H24BrN. The van der Waals surface area contributed by atoms with Gasteiger partial charge in [-0.3, -0.25) is 4.98 Å². The number of unbranched alkanes of at least 4 members (excludes halogenated alkanes) is 1. The lowest BCUT2D eigenvalue weighted by atomic mass is 9.87. The van der Waals surface area contributed by atoms with Gasteiger partial charge in [-0.05, 0) is 24.5 Å². The summed E-state index contributed by atoms with van der Waals surface area (Å²) in [6, 6.07) is 6.19. The second-order valence-electron chi connectivity index (χ2n) is 4.80. The molecule has 1 rings (SSSR count). The van der Waals surface area contributed by atoms with E-state index in [1.54, 1.807) is 0 Å². The molecule has 0 aliphatic heterocycles. The Morgan fingerprint density at radius 3 is 2.59 bits per heavy atom. The summed E-state index contributed by atoms with van der Waals surface area (Å²) in [5, 5.41) is 0. The molecule has 3 atom stereocenters. The normalized spacial score (nSPS) is 16.5. The monoisotopic (exact) mass is 297 g/mol. The summed E-state index contributed by atoms with van der Waals surface area (Å²) in [4.78, 5) is 5.00. The number of halogens is 1. The van der Waals surface area contributed by atoms with Gasteiger partial charge in [0, 0.05) is 22.6 Å². The highest BCUT2D eigenvalue weighted by molar-refractivity contribution is 9.09. The van der Waals surface area contributed by atoms with E-state index in [2.05, 4.69) is 53.8 Å². The lowest BCUT2D eigenvalue weighted by Crippen LogP contribution is -2.21. The Morgan fingerprint density at radius 2 is 2.06 bits per heavy atom. The van der Waals surface area contributed by atoms with Crippen molar-refractivity contribution in [3.63, 3.8) is 0 Å². The standard InChI is InChI=1S/C15H24BrN/c1-4-6-9-13(5-2)15(16)12(3)14-10-7-8-11-17-14/h7-8,10-13,15H,4-6,9H2,1-3H3. The van der Waals surface area contributed by atoms with Crippen molar-refractivity contribution in [3.8, 4) is 0 Å². The third kappa shape index (κ3) is 4.42. The van der Waals surface area contributed by atoms with Crippen LogP contribution in [0.2, 0.25) is 0 Å². The molecule has 2 heteroatoms. The first-order chi connectivity index (χ1) is 8.20. The van der Waals surface area contributed by atoms with Gasteiger partial charge in [0.2, 0.25) is 0 Å². The van der Waals surface area contributed by atoms with Gasteiger partial charge in [-0.1, -0.05) is 62.0 Å². The molecule has 0 spiro atoms. The lowest BCUT2D eigenvalue weighted by Gasteiger charge is -2.26. The number of pyridine rings is 1. The smallest absolute Gasteiger partial charge is 0.0442 e. The average Bonchev–Trinajstić information content (AvgIpc) is 2.39. The molecule has 0 aromatic carbocycles. The molecule has 0 fully saturated rings. The van der Waals surface area contributed by atoms with Crippen LogP contribution in [0.4, 0.5) is 0 Å². The molecule has 1 aromatic rings. The van der Waals surface area contributed by atoms with Crippen LogP contribution in [-0.4, -0.2) is 9.81 Å². The highest BCUT2D eigenvalue weighted by atomic mass is 79.9. The van der Waals surface area contributed by atoms with Crippen LogP contribution in [0.15, 0.2) is 24.4 Å². The highest BCUT2D eigenvalue weighted by Gasteiger charge is 2.24. The minimum atomic E-state index is 0.484. The van der Waals surface area contributed by atoms with Gasteiger partial charge in [0.25, 0.3) is 0 Å². The van der Waals surface area contributed by atoms with E-state index in [1.807, 2.05) is 12.3 Å². The summed E-state index contributed by atoms with van der Waals surface area (Å²) in [5.41, 5.74) is 1.20. The highest BCUT2D eigenvalue weighted by Crippen LogP contribution is 2.33. The molecular weight excluding hydrogens is 274 g/mol. The molecule has 1 heterocycles. The van der Waals surface area contributed by atoms with Crippen molar-refractivity contribution >= 4 is 15.9 Å². The topological polar surface area (TPSA) is 12.9 Å². The van der Waals surface area contributed by atoms with Crippen LogP contribution < -0.4 is 0 Å². The number of hydrogen-bond acceptors (Lipinski definition) is 1. The Kier molecular flexibility index (Phi) is 6.79. The fourth-order valence-electron chi connectivity index (χ4n) is 2.27. The number of alkyl halides is 1. The van der Waals surface area contributed by atoms with Gasteiger partial charge < -0.3 is 0 Å². The van der Waals surface area contributed by atoms with Crippen LogP contribution in [0.1, 0.15) is 58.1 Å². The predicted octanol–water partition coefficient (Wildman–Crippen LogP) is 5.17. The van der Waals surface area contributed by atoms with Crippen LogP contribution in [0.5, 0.6) is 0 Å². The molecule has 17 heavy (non-hydrogen) atoms. The second kappa shape index (κ2) is 7.86. The van der Waals surface area contributed by atoms with Crippen molar-refractivity contribution in [2.45, 2.75) is 57.2 Å². The average molecular weight is 298 g/mol. The fourth-order valence-corrected chi connectivity index (χ4v) is 3.18. The Morgan fingerprint density at radius 1 is 1.29 bits per heavy atom. The Labute approximate surface area is 114 Å². The lowest BCUT2D eigenvalue weighted by molar-refractivity contribution is 0.409. The van der Waals surface area contributed by atoms with Crippen molar-refractivity contribution in [2.75, 3.05) is 0 Å². The summed E-state index contributed by atoms with van der Waals surface area (Å²) >= 11 is 3.90. The fraction of sp³-hybridized carbons (Fsp3) is 0.667. The maximum absolute atomic E-state index is 4.47. The first kappa shape index (κ1) is 14.7. The Bertz CT molecular complexity index is 299. The third-order valence-corrected chi connectivity index (χ3v) is 5.08. The van der Waals surface area contributed by atoms with Gasteiger partial charge in [-0.2, -0.15) is 0 Å². The number of rotatable bonds is 7. The molecule has 0 bridgehead atoms. The molecule has 0 saturated carbocycles. The summed E-state index contributed by atoms with van der Waals surface area (Å²) in [7, 11) is 0. The van der Waals surface area contributed by atoms with Crippen LogP contribution in [0.3, 0.4) is 0 Å². The molecule has 0 aliphatic carbocycles. The van der Waals surface area contributed by atoms with E-state index in [1.165, 1.54) is 31.4 Å². The molecule has 0 aliphatic rings. The van der Waals surface area contributed by atoms with E-state index >= 15 is 0 Å². The largest absolute Gasteiger partial charge is 0.261 e. The van der Waals surface area contributed by atoms with E-state index in [4.69, 9.17) is 0 Å². The molecule has 0 amide bonds. The second-order valence-corrected chi connectivity index (χ2v) is 5.86. The molecule has 1 aromatic heterocycles. The maximum Gasteiger partial charge on any atom is 0.0442 e. The van der Waals surface area contributed by atoms with Crippen molar-refractivity contribution in [1.82, 2.24) is 4.98 Å². The zero-order valence-corrected chi connectivity index (χ0v) is 12.8. The number of aromatic nitrogens is 1. The molecule has 96 valence electrons. The molecule has 0 radical (unpaired) electrons. The first-order valence-corrected chi connectivity index (χ1v) is 7.67. The van der Waals surface area contributed by atoms with Gasteiger partial charge >= 0.3 is 0 Å². The van der Waals surface area contributed by atoms with Gasteiger partial charge in [-0.25, -0.2) is 0 Å². The zero-order valence-electron chi connectivity index (χ0n) is 11.2. The quantitative estimate of drug-likeness (QED) is 0.633. The van der Waals surface area contributed by atoms with Crippen molar-refractivity contribution in [2.24, 2.45) is 5.92 Å². The maximum atomic E-state index is 4.47. The van der Waals surface area contributed by atoms with Crippen molar-refractivity contribution in [1.29, 1.82) is 0 Å². The minimum absolute atomic E-state index is 0.484. The van der Waals surface area contributed by atoms with Crippen LogP contribution >= 0.6 is 15.9 Å². The van der Waals surface area contributed by atoms with E-state index in [0.29, 0.717) is 10.7 Å². The summed E-state index contributed by atoms with van der Waals surface area (Å²) in [6.45, 7) is 6.83. The predicted molar refractivity (Wildman–Crippen MR) is 78.7 cm³/mol. The van der Waals surface area contributed by atoms with E-state index in [9.17, 15) is 0 Å². The van der Waals surface area contributed by atoms with Gasteiger partial charge in [0.05, 0.1) is 0 Å². The van der Waals surface area contributed by atoms with E-state index in [-0.39, 0.29) is 0 Å². The first-order valence-electron chi connectivity index (χ1n) is 6.75. The molecule has 1 nitrogen and oxygen atoms in total. The zero-order chi connectivity index (χ0) is 12.7. The SMILES string of the molecule is CCCCC(CC)C(Br)C(C)c1ccccn1. The molecule has 0 saturated heterocycles. The third-order valence-electron chi connectivity index (χ3n) is 3.54. The summed E-state index contributed by atoms with van der Waals surface area (Å²) in [6.07, 6.45) is 7.06. The molecule has 0 N–H and O–H groups in total. The van der Waals surface area contributed by atoms with E-state index in [0.717, 1.165) is 5.92 Å². The Balaban J connectivity index is 2.63. The number of hydrogen-bond donors (Lipinski definition) is 0. The molecule has 3 unspecified atom stereocenters. The van der Waals surface area contributed by atoms with E-state index < -0.39 is 0 Å². The van der Waals surface area contributed by atoms with Crippen LogP contribution in [0, 0.1) is 5.92 Å². The van der Waals surface area contributed by atoms with Gasteiger partial charge in [-0.15, -0.1) is 0 Å². The van der Waals surface area contributed by atoms with Crippen molar-refractivity contribution < 1.29 is 0 Å². The minimum Gasteiger partial charge on any atom is -0.261 e. The summed E-state index contributed by atoms with van der Waals surface area (Å²) in [5.74, 6) is 1.24. The Hall–Kier alpha value is -0.370. The number of nitrogens with zero attached hydrogens (tertiary/aromatic N) is 1. The van der Waals surface area contributed by atoms with Crippen molar-refractivity contribution in [3.05, 3.63) is 30.1 Å². The van der Waals surface area contributed by atoms with Crippen LogP contribution in [0.25, 0.3) is 0 Å². The van der Waals surface area contributed by atoms with Gasteiger partial charge in [0.15, 0.2) is 0 Å². The summed E-state index contributed by atoms with van der Waals surface area (Å²) < 4.78 is 0.